The van der Waals surface area contributed by atoms with Crippen molar-refractivity contribution in [3.8, 4) is 0 Å². The number of benzene rings is 4. The summed E-state index contributed by atoms with van der Waals surface area (Å²) in [5.74, 6) is 0.594. The van der Waals surface area contributed by atoms with E-state index in [-0.39, 0.29) is 5.54 Å². The van der Waals surface area contributed by atoms with Crippen molar-refractivity contribution in [1.82, 2.24) is 9.13 Å². The summed E-state index contributed by atoms with van der Waals surface area (Å²) in [6, 6.07) is 33.9. The minimum absolute atomic E-state index is 0.160. The molecule has 2 aromatic heterocycles. The third-order valence-corrected chi connectivity index (χ3v) is 7.75. The Kier molecular flexibility index (Phi) is 5.21. The molecule has 176 valence electrons. The second kappa shape index (κ2) is 8.30. The summed E-state index contributed by atoms with van der Waals surface area (Å²) in [5.41, 5.74) is 6.52. The molecular weight excluding hydrogens is 424 g/mol. The van der Waals surface area contributed by atoms with Gasteiger partial charge >= 0.3 is 0 Å². The molecule has 2 nitrogen and oxygen atoms in total. The first-order valence-electron chi connectivity index (χ1n) is 13.0. The number of hydrogen-bond donors (Lipinski definition) is 0. The smallest absolute Gasteiger partial charge is 0.0675 e. The number of fused-ring (bicyclic) bond motifs is 6. The summed E-state index contributed by atoms with van der Waals surface area (Å²) in [4.78, 5) is 0. The highest BCUT2D eigenvalue weighted by molar-refractivity contribution is 6.09. The number of aromatic nitrogens is 2. The fraction of sp³-hybridized carbons (Fsp3) is 0.273. The maximum atomic E-state index is 2.61. The standard InChI is InChI=1S/C33H34N2/c1-5-20-33(4,35-31-16-10-7-12-25(31)26-13-8-11-17-32(26)35)24-18-19-30-28(21-24)27-14-6-9-15-29(27)34(30)22-23(2)3/h6-19,21,23H,5,20,22H2,1-4H3. The van der Waals surface area contributed by atoms with Crippen LogP contribution in [0.3, 0.4) is 0 Å². The Morgan fingerprint density at radius 3 is 1.74 bits per heavy atom. The highest BCUT2D eigenvalue weighted by Gasteiger charge is 2.31. The Morgan fingerprint density at radius 1 is 0.657 bits per heavy atom. The quantitative estimate of drug-likeness (QED) is 0.235. The predicted molar refractivity (Wildman–Crippen MR) is 151 cm³/mol. The van der Waals surface area contributed by atoms with Crippen LogP contribution < -0.4 is 0 Å². The van der Waals surface area contributed by atoms with Gasteiger partial charge in [-0.1, -0.05) is 87.9 Å². The van der Waals surface area contributed by atoms with E-state index >= 15 is 0 Å². The molecule has 2 heterocycles. The highest BCUT2D eigenvalue weighted by Crippen LogP contribution is 2.42. The van der Waals surface area contributed by atoms with Gasteiger partial charge in [0.2, 0.25) is 0 Å². The molecule has 6 rings (SSSR count). The van der Waals surface area contributed by atoms with Crippen molar-refractivity contribution < 1.29 is 0 Å². The van der Waals surface area contributed by atoms with Crippen LogP contribution in [0.15, 0.2) is 91.0 Å². The molecule has 0 amide bonds. The van der Waals surface area contributed by atoms with Gasteiger partial charge in [-0.3, -0.25) is 0 Å². The second-order valence-electron chi connectivity index (χ2n) is 10.6. The van der Waals surface area contributed by atoms with Gasteiger partial charge in [-0.15, -0.1) is 0 Å². The lowest BCUT2D eigenvalue weighted by atomic mass is 9.86. The number of nitrogens with zero attached hydrogens (tertiary/aromatic N) is 2. The van der Waals surface area contributed by atoms with E-state index in [1.54, 1.807) is 0 Å². The molecule has 1 atom stereocenters. The zero-order valence-corrected chi connectivity index (χ0v) is 21.3. The second-order valence-corrected chi connectivity index (χ2v) is 10.6. The normalized spacial score (nSPS) is 14.0. The van der Waals surface area contributed by atoms with E-state index in [1.807, 2.05) is 0 Å². The van der Waals surface area contributed by atoms with E-state index in [0.717, 1.165) is 19.4 Å². The maximum Gasteiger partial charge on any atom is 0.0675 e. The third kappa shape index (κ3) is 3.31. The van der Waals surface area contributed by atoms with Crippen molar-refractivity contribution in [3.63, 3.8) is 0 Å². The molecule has 0 saturated carbocycles. The molecule has 6 aromatic rings. The van der Waals surface area contributed by atoms with Gasteiger partial charge in [-0.25, -0.2) is 0 Å². The Balaban J connectivity index is 1.66. The maximum absolute atomic E-state index is 2.61. The molecular formula is C33H34N2. The summed E-state index contributed by atoms with van der Waals surface area (Å²) in [5, 5.41) is 5.38. The van der Waals surface area contributed by atoms with Gasteiger partial charge in [-0.05, 0) is 55.2 Å². The van der Waals surface area contributed by atoms with Crippen molar-refractivity contribution in [3.05, 3.63) is 96.6 Å². The van der Waals surface area contributed by atoms with Crippen LogP contribution in [-0.4, -0.2) is 9.13 Å². The first-order chi connectivity index (χ1) is 17.0. The van der Waals surface area contributed by atoms with Crippen molar-refractivity contribution in [2.24, 2.45) is 5.92 Å². The van der Waals surface area contributed by atoms with E-state index in [1.165, 1.54) is 49.2 Å². The van der Waals surface area contributed by atoms with Gasteiger partial charge in [-0.2, -0.15) is 0 Å². The third-order valence-electron chi connectivity index (χ3n) is 7.75. The minimum atomic E-state index is -0.160. The monoisotopic (exact) mass is 458 g/mol. The Morgan fingerprint density at radius 2 is 1.17 bits per heavy atom. The molecule has 0 bridgehead atoms. The van der Waals surface area contributed by atoms with E-state index in [2.05, 4.69) is 128 Å². The molecule has 0 saturated heterocycles. The summed E-state index contributed by atoms with van der Waals surface area (Å²) >= 11 is 0. The molecule has 0 aliphatic heterocycles. The Hall–Kier alpha value is -3.52. The molecule has 0 N–H and O–H groups in total. The first-order valence-corrected chi connectivity index (χ1v) is 13.0. The van der Waals surface area contributed by atoms with E-state index in [4.69, 9.17) is 0 Å². The lowest BCUT2D eigenvalue weighted by Gasteiger charge is -2.34. The number of para-hydroxylation sites is 3. The summed E-state index contributed by atoms with van der Waals surface area (Å²) in [6.07, 6.45) is 2.19. The summed E-state index contributed by atoms with van der Waals surface area (Å²) in [7, 11) is 0. The molecule has 0 aliphatic rings. The van der Waals surface area contributed by atoms with Crippen molar-refractivity contribution in [2.45, 2.75) is 52.6 Å². The van der Waals surface area contributed by atoms with Gasteiger partial charge in [0.05, 0.1) is 5.54 Å². The molecule has 4 aromatic carbocycles. The Bertz CT molecular complexity index is 1630. The van der Waals surface area contributed by atoms with Crippen LogP contribution in [0.4, 0.5) is 0 Å². The van der Waals surface area contributed by atoms with Crippen LogP contribution in [0.25, 0.3) is 43.6 Å². The van der Waals surface area contributed by atoms with Crippen LogP contribution >= 0.6 is 0 Å². The van der Waals surface area contributed by atoms with E-state index in [9.17, 15) is 0 Å². The molecule has 0 radical (unpaired) electrons. The average molecular weight is 459 g/mol. The highest BCUT2D eigenvalue weighted by atomic mass is 15.1. The molecule has 0 spiro atoms. The van der Waals surface area contributed by atoms with Gasteiger partial charge < -0.3 is 9.13 Å². The zero-order chi connectivity index (χ0) is 24.2. The predicted octanol–water partition coefficient (Wildman–Crippen LogP) is 9.12. The number of rotatable bonds is 6. The molecule has 35 heavy (non-hydrogen) atoms. The van der Waals surface area contributed by atoms with Crippen molar-refractivity contribution >= 4 is 43.6 Å². The lowest BCUT2D eigenvalue weighted by Crippen LogP contribution is -2.31. The van der Waals surface area contributed by atoms with Crippen LogP contribution in [0.1, 0.15) is 46.1 Å². The van der Waals surface area contributed by atoms with Crippen LogP contribution in [0.2, 0.25) is 0 Å². The summed E-state index contributed by atoms with van der Waals surface area (Å²) in [6.45, 7) is 10.4. The van der Waals surface area contributed by atoms with Crippen LogP contribution in [0, 0.1) is 5.92 Å². The lowest BCUT2D eigenvalue weighted by molar-refractivity contribution is 0.380. The number of hydrogen-bond acceptors (Lipinski definition) is 0. The fourth-order valence-electron chi connectivity index (χ4n) is 6.28. The first kappa shape index (κ1) is 22.0. The molecule has 0 fully saturated rings. The fourth-order valence-corrected chi connectivity index (χ4v) is 6.28. The average Bonchev–Trinajstić information content (AvgIpc) is 3.37. The van der Waals surface area contributed by atoms with Gasteiger partial charge in [0, 0.05) is 50.2 Å². The molecule has 2 heteroatoms. The largest absolute Gasteiger partial charge is 0.340 e. The minimum Gasteiger partial charge on any atom is -0.340 e. The van der Waals surface area contributed by atoms with Gasteiger partial charge in [0.15, 0.2) is 0 Å². The van der Waals surface area contributed by atoms with Crippen LogP contribution in [-0.2, 0) is 12.1 Å². The SMILES string of the molecule is CCCC(C)(c1ccc2c(c1)c1ccccc1n2CC(C)C)n1c2ccccc2c2ccccc21. The summed E-state index contributed by atoms with van der Waals surface area (Å²) < 4.78 is 5.12. The van der Waals surface area contributed by atoms with Crippen molar-refractivity contribution in [1.29, 1.82) is 0 Å². The Labute approximate surface area is 207 Å². The van der Waals surface area contributed by atoms with E-state index < -0.39 is 0 Å². The topological polar surface area (TPSA) is 9.86 Å². The van der Waals surface area contributed by atoms with Gasteiger partial charge in [0.25, 0.3) is 0 Å². The van der Waals surface area contributed by atoms with Crippen LogP contribution in [0.5, 0.6) is 0 Å². The van der Waals surface area contributed by atoms with E-state index in [0.29, 0.717) is 5.92 Å². The molecule has 0 aliphatic carbocycles. The molecule has 1 unspecified atom stereocenters. The zero-order valence-electron chi connectivity index (χ0n) is 21.3. The van der Waals surface area contributed by atoms with Gasteiger partial charge in [0.1, 0.15) is 0 Å². The van der Waals surface area contributed by atoms with Crippen molar-refractivity contribution in [2.75, 3.05) is 0 Å².